The number of fused-ring (bicyclic) bond motifs is 1. The standard InChI is InChI=1S/C23H22N6/c1-17-23(25-21-10-6-5-9-20(21)24-17)29-15-13-28(14-16-29)22-12-11-19(26-27-22)18-7-3-2-4-8-18/h2-12H,13-16H2,1H3. The first-order valence-corrected chi connectivity index (χ1v) is 9.90. The molecule has 3 heterocycles. The largest absolute Gasteiger partial charge is 0.352 e. The van der Waals surface area contributed by atoms with Crippen molar-refractivity contribution < 1.29 is 0 Å². The minimum atomic E-state index is 0.882. The zero-order valence-electron chi connectivity index (χ0n) is 16.4. The van der Waals surface area contributed by atoms with Crippen molar-refractivity contribution in [1.29, 1.82) is 0 Å². The van der Waals surface area contributed by atoms with Gasteiger partial charge in [-0.2, -0.15) is 0 Å². The summed E-state index contributed by atoms with van der Waals surface area (Å²) in [7, 11) is 0. The Morgan fingerprint density at radius 2 is 1.31 bits per heavy atom. The number of piperazine rings is 1. The molecule has 0 atom stereocenters. The fourth-order valence-electron chi connectivity index (χ4n) is 3.78. The van der Waals surface area contributed by atoms with Crippen LogP contribution in [0, 0.1) is 6.92 Å². The molecule has 6 nitrogen and oxygen atoms in total. The van der Waals surface area contributed by atoms with E-state index < -0.39 is 0 Å². The van der Waals surface area contributed by atoms with Gasteiger partial charge in [0.2, 0.25) is 0 Å². The van der Waals surface area contributed by atoms with E-state index in [1.54, 1.807) is 0 Å². The van der Waals surface area contributed by atoms with E-state index in [9.17, 15) is 0 Å². The van der Waals surface area contributed by atoms with Gasteiger partial charge in [-0.05, 0) is 31.2 Å². The summed E-state index contributed by atoms with van der Waals surface area (Å²) in [6.07, 6.45) is 0. The minimum absolute atomic E-state index is 0.882. The summed E-state index contributed by atoms with van der Waals surface area (Å²) in [6.45, 7) is 5.57. The van der Waals surface area contributed by atoms with Crippen LogP contribution in [-0.4, -0.2) is 46.3 Å². The molecule has 29 heavy (non-hydrogen) atoms. The topological polar surface area (TPSA) is 58.0 Å². The van der Waals surface area contributed by atoms with Gasteiger partial charge in [0.1, 0.15) is 0 Å². The Morgan fingerprint density at radius 1 is 0.655 bits per heavy atom. The molecular formula is C23H22N6. The molecule has 4 aromatic rings. The highest BCUT2D eigenvalue weighted by atomic mass is 15.3. The highest BCUT2D eigenvalue weighted by molar-refractivity contribution is 5.76. The Morgan fingerprint density at radius 3 is 2.00 bits per heavy atom. The third-order valence-corrected chi connectivity index (χ3v) is 5.34. The molecular weight excluding hydrogens is 360 g/mol. The van der Waals surface area contributed by atoms with Gasteiger partial charge in [-0.25, -0.2) is 9.97 Å². The molecule has 1 aliphatic rings. The van der Waals surface area contributed by atoms with Crippen molar-refractivity contribution in [3.63, 3.8) is 0 Å². The molecule has 1 saturated heterocycles. The van der Waals surface area contributed by atoms with E-state index in [2.05, 4.69) is 38.2 Å². The maximum atomic E-state index is 4.86. The normalized spacial score (nSPS) is 14.4. The van der Waals surface area contributed by atoms with Crippen molar-refractivity contribution in [3.05, 3.63) is 72.4 Å². The number of benzene rings is 2. The van der Waals surface area contributed by atoms with Crippen LogP contribution in [0.4, 0.5) is 11.6 Å². The molecule has 2 aromatic heterocycles. The van der Waals surface area contributed by atoms with E-state index in [4.69, 9.17) is 9.97 Å². The molecule has 1 fully saturated rings. The van der Waals surface area contributed by atoms with Gasteiger partial charge in [-0.1, -0.05) is 42.5 Å². The third kappa shape index (κ3) is 3.49. The second-order valence-electron chi connectivity index (χ2n) is 7.24. The Bertz CT molecular complexity index is 1120. The lowest BCUT2D eigenvalue weighted by atomic mass is 10.1. The zero-order chi connectivity index (χ0) is 19.6. The van der Waals surface area contributed by atoms with Gasteiger partial charge in [0.15, 0.2) is 11.6 Å². The summed E-state index contributed by atoms with van der Waals surface area (Å²) in [5, 5.41) is 8.89. The van der Waals surface area contributed by atoms with Crippen LogP contribution in [0.25, 0.3) is 22.3 Å². The second kappa shape index (κ2) is 7.47. The van der Waals surface area contributed by atoms with Gasteiger partial charge in [0.05, 0.1) is 22.4 Å². The lowest BCUT2D eigenvalue weighted by Crippen LogP contribution is -2.47. The summed E-state index contributed by atoms with van der Waals surface area (Å²) in [5.74, 6) is 1.90. The molecule has 0 spiro atoms. The Balaban J connectivity index is 1.30. The molecule has 5 rings (SSSR count). The summed E-state index contributed by atoms with van der Waals surface area (Å²) >= 11 is 0. The molecule has 0 aliphatic carbocycles. The minimum Gasteiger partial charge on any atom is -0.352 e. The fraction of sp³-hybridized carbons (Fsp3) is 0.217. The van der Waals surface area contributed by atoms with Crippen LogP contribution in [-0.2, 0) is 0 Å². The molecule has 0 amide bonds. The lowest BCUT2D eigenvalue weighted by molar-refractivity contribution is 0.636. The highest BCUT2D eigenvalue weighted by Gasteiger charge is 2.21. The lowest BCUT2D eigenvalue weighted by Gasteiger charge is -2.36. The average Bonchev–Trinajstić information content (AvgIpc) is 2.79. The summed E-state index contributed by atoms with van der Waals surface area (Å²) in [6, 6.07) is 22.3. The first-order chi connectivity index (χ1) is 14.3. The number of hydrogen-bond donors (Lipinski definition) is 0. The number of rotatable bonds is 3. The van der Waals surface area contributed by atoms with E-state index in [1.807, 2.05) is 55.5 Å². The number of para-hydroxylation sites is 2. The smallest absolute Gasteiger partial charge is 0.151 e. The summed E-state index contributed by atoms with van der Waals surface area (Å²) in [5.41, 5.74) is 4.85. The molecule has 6 heteroatoms. The van der Waals surface area contributed by atoms with Crippen LogP contribution in [0.5, 0.6) is 0 Å². The second-order valence-corrected chi connectivity index (χ2v) is 7.24. The van der Waals surface area contributed by atoms with Gasteiger partial charge in [-0.3, -0.25) is 0 Å². The predicted molar refractivity (Wildman–Crippen MR) is 116 cm³/mol. The quantitative estimate of drug-likeness (QED) is 0.538. The molecule has 2 aromatic carbocycles. The maximum Gasteiger partial charge on any atom is 0.151 e. The van der Waals surface area contributed by atoms with E-state index in [1.165, 1.54) is 0 Å². The Kier molecular flexibility index (Phi) is 4.52. The van der Waals surface area contributed by atoms with Crippen LogP contribution < -0.4 is 9.80 Å². The molecule has 0 radical (unpaired) electrons. The van der Waals surface area contributed by atoms with Crippen molar-refractivity contribution in [3.8, 4) is 11.3 Å². The zero-order valence-corrected chi connectivity index (χ0v) is 16.4. The maximum absolute atomic E-state index is 4.86. The van der Waals surface area contributed by atoms with E-state index in [0.29, 0.717) is 0 Å². The van der Waals surface area contributed by atoms with Crippen LogP contribution in [0.3, 0.4) is 0 Å². The summed E-state index contributed by atoms with van der Waals surface area (Å²) in [4.78, 5) is 14.2. The number of aryl methyl sites for hydroxylation is 1. The summed E-state index contributed by atoms with van der Waals surface area (Å²) < 4.78 is 0. The predicted octanol–water partition coefficient (Wildman–Crippen LogP) is 3.72. The first-order valence-electron chi connectivity index (χ1n) is 9.90. The van der Waals surface area contributed by atoms with E-state index in [0.717, 1.165) is 65.8 Å². The van der Waals surface area contributed by atoms with Crippen molar-refractivity contribution >= 4 is 22.7 Å². The van der Waals surface area contributed by atoms with E-state index >= 15 is 0 Å². The average molecular weight is 382 g/mol. The van der Waals surface area contributed by atoms with Crippen LogP contribution in [0.15, 0.2) is 66.7 Å². The number of hydrogen-bond acceptors (Lipinski definition) is 6. The number of aromatic nitrogens is 4. The van der Waals surface area contributed by atoms with Gasteiger partial charge in [0.25, 0.3) is 0 Å². The molecule has 0 N–H and O–H groups in total. The van der Waals surface area contributed by atoms with E-state index in [-0.39, 0.29) is 0 Å². The molecule has 1 aliphatic heterocycles. The van der Waals surface area contributed by atoms with Crippen molar-refractivity contribution in [1.82, 2.24) is 20.2 Å². The molecule has 0 saturated carbocycles. The SMILES string of the molecule is Cc1nc2ccccc2nc1N1CCN(c2ccc(-c3ccccc3)nn2)CC1. The van der Waals surface area contributed by atoms with Gasteiger partial charge in [0, 0.05) is 31.7 Å². The van der Waals surface area contributed by atoms with Crippen LogP contribution >= 0.6 is 0 Å². The van der Waals surface area contributed by atoms with Crippen LogP contribution in [0.2, 0.25) is 0 Å². The van der Waals surface area contributed by atoms with Gasteiger partial charge < -0.3 is 9.80 Å². The van der Waals surface area contributed by atoms with Crippen LogP contribution in [0.1, 0.15) is 5.69 Å². The highest BCUT2D eigenvalue weighted by Crippen LogP contribution is 2.23. The monoisotopic (exact) mass is 382 g/mol. The van der Waals surface area contributed by atoms with Crippen molar-refractivity contribution in [2.45, 2.75) is 6.92 Å². The number of anilines is 2. The van der Waals surface area contributed by atoms with Crippen molar-refractivity contribution in [2.24, 2.45) is 0 Å². The molecule has 0 unspecified atom stereocenters. The Labute approximate surface area is 169 Å². The fourth-order valence-corrected chi connectivity index (χ4v) is 3.78. The number of nitrogens with zero attached hydrogens (tertiary/aromatic N) is 6. The van der Waals surface area contributed by atoms with Gasteiger partial charge >= 0.3 is 0 Å². The van der Waals surface area contributed by atoms with Gasteiger partial charge in [-0.15, -0.1) is 10.2 Å². The Hall–Kier alpha value is -3.54. The molecule has 0 bridgehead atoms. The first kappa shape index (κ1) is 17.6. The van der Waals surface area contributed by atoms with Crippen molar-refractivity contribution in [2.75, 3.05) is 36.0 Å². The molecule has 144 valence electrons. The third-order valence-electron chi connectivity index (χ3n) is 5.34.